The molecule has 6 heteroatoms. The second kappa shape index (κ2) is 6.58. The van der Waals surface area contributed by atoms with Crippen LogP contribution in [-0.4, -0.2) is 6.36 Å². The van der Waals surface area contributed by atoms with Gasteiger partial charge in [-0.3, -0.25) is 11.3 Å². The van der Waals surface area contributed by atoms with E-state index in [1.807, 2.05) is 6.92 Å². The highest BCUT2D eigenvalue weighted by Gasteiger charge is 2.31. The number of hydrazine groups is 1. The van der Waals surface area contributed by atoms with Gasteiger partial charge in [-0.15, -0.1) is 19.8 Å². The van der Waals surface area contributed by atoms with Crippen LogP contribution in [0.1, 0.15) is 31.4 Å². The molecule has 1 aromatic carbocycles. The molecule has 0 bridgehead atoms. The molecule has 0 saturated carbocycles. The van der Waals surface area contributed by atoms with E-state index in [4.69, 9.17) is 5.84 Å². The Balaban J connectivity index is 2.81. The quantitative estimate of drug-likeness (QED) is 0.474. The number of allylic oxidation sites excluding steroid dienone is 1. The Morgan fingerprint density at radius 1 is 1.47 bits per heavy atom. The van der Waals surface area contributed by atoms with Crippen molar-refractivity contribution >= 4 is 0 Å². The van der Waals surface area contributed by atoms with Crippen molar-refractivity contribution in [3.63, 3.8) is 0 Å². The first kappa shape index (κ1) is 15.5. The van der Waals surface area contributed by atoms with Gasteiger partial charge >= 0.3 is 6.36 Å². The van der Waals surface area contributed by atoms with Crippen LogP contribution in [0, 0.1) is 0 Å². The minimum absolute atomic E-state index is 0.242. The molecule has 0 saturated heterocycles. The topological polar surface area (TPSA) is 47.3 Å². The van der Waals surface area contributed by atoms with Crippen LogP contribution < -0.4 is 16.0 Å². The molecule has 0 spiro atoms. The third-order valence-electron chi connectivity index (χ3n) is 2.56. The fraction of sp³-hybridized carbons (Fsp3) is 0.385. The number of alkyl halides is 3. The highest BCUT2D eigenvalue weighted by molar-refractivity contribution is 5.30. The Kier molecular flexibility index (Phi) is 5.38. The van der Waals surface area contributed by atoms with E-state index in [-0.39, 0.29) is 11.8 Å². The van der Waals surface area contributed by atoms with Gasteiger partial charge in [0.05, 0.1) is 0 Å². The van der Waals surface area contributed by atoms with Crippen LogP contribution in [0.15, 0.2) is 36.4 Å². The lowest BCUT2D eigenvalue weighted by Crippen LogP contribution is -2.28. The van der Waals surface area contributed by atoms with Crippen LogP contribution in [0.2, 0.25) is 0 Å². The third kappa shape index (κ3) is 5.76. The molecule has 1 aromatic rings. The summed E-state index contributed by atoms with van der Waals surface area (Å²) in [5.41, 5.74) is 4.22. The molecule has 3 nitrogen and oxygen atoms in total. The number of rotatable bonds is 6. The van der Waals surface area contributed by atoms with E-state index >= 15 is 0 Å². The zero-order valence-corrected chi connectivity index (χ0v) is 10.6. The van der Waals surface area contributed by atoms with Crippen LogP contribution in [0.25, 0.3) is 0 Å². The number of hydrogen-bond acceptors (Lipinski definition) is 3. The molecule has 0 amide bonds. The van der Waals surface area contributed by atoms with Gasteiger partial charge in [-0.25, -0.2) is 0 Å². The lowest BCUT2D eigenvalue weighted by molar-refractivity contribution is -0.274. The Morgan fingerprint density at radius 2 is 2.16 bits per heavy atom. The summed E-state index contributed by atoms with van der Waals surface area (Å²) in [6.07, 6.45) is -3.30. The molecule has 0 aromatic heterocycles. The second-order valence-corrected chi connectivity index (χ2v) is 4.34. The molecule has 0 aliphatic carbocycles. The second-order valence-electron chi connectivity index (χ2n) is 4.34. The van der Waals surface area contributed by atoms with Gasteiger partial charge in [0.25, 0.3) is 0 Å². The van der Waals surface area contributed by atoms with E-state index in [1.165, 1.54) is 18.2 Å². The van der Waals surface area contributed by atoms with E-state index in [0.29, 0.717) is 12.0 Å². The van der Waals surface area contributed by atoms with Gasteiger partial charge in [0.15, 0.2) is 0 Å². The summed E-state index contributed by atoms with van der Waals surface area (Å²) in [6, 6.07) is 5.54. The lowest BCUT2D eigenvalue weighted by atomic mass is 10.0. The lowest BCUT2D eigenvalue weighted by Gasteiger charge is -2.17. The largest absolute Gasteiger partial charge is 0.573 e. The maximum absolute atomic E-state index is 12.1. The van der Waals surface area contributed by atoms with Gasteiger partial charge in [0.2, 0.25) is 0 Å². The average Bonchev–Trinajstić information content (AvgIpc) is 2.27. The molecule has 0 aliphatic heterocycles. The normalized spacial score (nSPS) is 13.1. The Bertz CT molecular complexity index is 432. The summed E-state index contributed by atoms with van der Waals surface area (Å²) in [6.45, 7) is 5.66. The van der Waals surface area contributed by atoms with Crippen molar-refractivity contribution in [2.75, 3.05) is 0 Å². The zero-order valence-electron chi connectivity index (χ0n) is 10.6. The summed E-state index contributed by atoms with van der Waals surface area (Å²) in [4.78, 5) is 0. The van der Waals surface area contributed by atoms with E-state index in [2.05, 4.69) is 16.7 Å². The molecule has 0 fully saturated rings. The van der Waals surface area contributed by atoms with Gasteiger partial charge in [0, 0.05) is 6.04 Å². The maximum Gasteiger partial charge on any atom is 0.573 e. The highest BCUT2D eigenvalue weighted by Crippen LogP contribution is 2.27. The molecule has 1 atom stereocenters. The summed E-state index contributed by atoms with van der Waals surface area (Å²) in [5, 5.41) is 0. The standard InChI is InChI=1S/C13H17F3N2O/c1-9(2)6-7-12(18-17)10-4-3-5-11(8-10)19-13(14,15)16/h3-5,8,12,18H,1,6-7,17H2,2H3. The monoisotopic (exact) mass is 274 g/mol. The highest BCUT2D eigenvalue weighted by atomic mass is 19.4. The van der Waals surface area contributed by atoms with Crippen molar-refractivity contribution in [2.45, 2.75) is 32.2 Å². The summed E-state index contributed by atoms with van der Waals surface area (Å²) in [7, 11) is 0. The molecular formula is C13H17F3N2O. The zero-order chi connectivity index (χ0) is 14.5. The number of nitrogens with two attached hydrogens (primary N) is 1. The van der Waals surface area contributed by atoms with Crippen molar-refractivity contribution < 1.29 is 17.9 Å². The Hall–Kier alpha value is -1.53. The first-order valence-electron chi connectivity index (χ1n) is 5.78. The van der Waals surface area contributed by atoms with E-state index in [1.54, 1.807) is 6.07 Å². The first-order valence-corrected chi connectivity index (χ1v) is 5.78. The molecule has 3 N–H and O–H groups in total. The van der Waals surface area contributed by atoms with Gasteiger partial charge in [0.1, 0.15) is 5.75 Å². The molecule has 19 heavy (non-hydrogen) atoms. The SMILES string of the molecule is C=C(C)CCC(NN)c1cccc(OC(F)(F)F)c1. The molecular weight excluding hydrogens is 257 g/mol. The summed E-state index contributed by atoms with van der Waals surface area (Å²) >= 11 is 0. The third-order valence-corrected chi connectivity index (χ3v) is 2.56. The van der Waals surface area contributed by atoms with Crippen molar-refractivity contribution in [3.8, 4) is 5.75 Å². The average molecular weight is 274 g/mol. The van der Waals surface area contributed by atoms with Crippen molar-refractivity contribution in [3.05, 3.63) is 42.0 Å². The molecule has 0 aliphatic rings. The van der Waals surface area contributed by atoms with Crippen LogP contribution in [-0.2, 0) is 0 Å². The minimum atomic E-state index is -4.69. The summed E-state index contributed by atoms with van der Waals surface area (Å²) in [5.74, 6) is 5.18. The van der Waals surface area contributed by atoms with Gasteiger partial charge in [-0.2, -0.15) is 0 Å². The molecule has 1 unspecified atom stereocenters. The van der Waals surface area contributed by atoms with E-state index < -0.39 is 6.36 Å². The fourth-order valence-corrected chi connectivity index (χ4v) is 1.67. The molecule has 1 rings (SSSR count). The van der Waals surface area contributed by atoms with E-state index in [0.717, 1.165) is 12.0 Å². The smallest absolute Gasteiger partial charge is 0.406 e. The number of ether oxygens (including phenoxy) is 1. The predicted molar refractivity (Wildman–Crippen MR) is 67.2 cm³/mol. The fourth-order valence-electron chi connectivity index (χ4n) is 1.67. The first-order chi connectivity index (χ1) is 8.81. The Morgan fingerprint density at radius 3 is 2.68 bits per heavy atom. The predicted octanol–water partition coefficient (Wildman–Crippen LogP) is 3.45. The number of halogens is 3. The molecule has 0 heterocycles. The van der Waals surface area contributed by atoms with Crippen molar-refractivity contribution in [1.82, 2.24) is 5.43 Å². The maximum atomic E-state index is 12.1. The van der Waals surface area contributed by atoms with Gasteiger partial charge in [-0.05, 0) is 37.5 Å². The minimum Gasteiger partial charge on any atom is -0.406 e. The number of benzene rings is 1. The van der Waals surface area contributed by atoms with Crippen molar-refractivity contribution in [1.29, 1.82) is 0 Å². The number of hydrogen-bond donors (Lipinski definition) is 2. The molecule has 106 valence electrons. The van der Waals surface area contributed by atoms with E-state index in [9.17, 15) is 13.2 Å². The Labute approximate surface area is 110 Å². The van der Waals surface area contributed by atoms with Crippen LogP contribution >= 0.6 is 0 Å². The van der Waals surface area contributed by atoms with Crippen LogP contribution in [0.4, 0.5) is 13.2 Å². The van der Waals surface area contributed by atoms with Crippen molar-refractivity contribution in [2.24, 2.45) is 5.84 Å². The summed E-state index contributed by atoms with van der Waals surface area (Å²) < 4.78 is 40.3. The number of nitrogens with one attached hydrogen (secondary N) is 1. The van der Waals surface area contributed by atoms with Gasteiger partial charge in [-0.1, -0.05) is 17.7 Å². The van der Waals surface area contributed by atoms with Crippen LogP contribution in [0.3, 0.4) is 0 Å². The molecule has 0 radical (unpaired) electrons. The van der Waals surface area contributed by atoms with Gasteiger partial charge < -0.3 is 4.74 Å². The van der Waals surface area contributed by atoms with Crippen LogP contribution in [0.5, 0.6) is 5.75 Å².